The highest BCUT2D eigenvalue weighted by Gasteiger charge is 2.24. The van der Waals surface area contributed by atoms with Crippen LogP contribution in [0.1, 0.15) is 37.8 Å². The Labute approximate surface area is 119 Å². The van der Waals surface area contributed by atoms with Crippen LogP contribution in [0.25, 0.3) is 5.70 Å². The SMILES string of the molecule is C/C=C1/CC(=O)C=C(c2cc(F)ccc2C)N1CCC. The predicted octanol–water partition coefficient (Wildman–Crippen LogP) is 4.06. The number of carbonyl (C=O) groups is 1. The van der Waals surface area contributed by atoms with Crippen molar-refractivity contribution in [2.24, 2.45) is 0 Å². The van der Waals surface area contributed by atoms with Crippen LogP contribution in [0.4, 0.5) is 4.39 Å². The summed E-state index contributed by atoms with van der Waals surface area (Å²) in [5.41, 5.74) is 3.58. The van der Waals surface area contributed by atoms with Crippen molar-refractivity contribution < 1.29 is 9.18 Å². The predicted molar refractivity (Wildman–Crippen MR) is 79.5 cm³/mol. The van der Waals surface area contributed by atoms with E-state index in [0.29, 0.717) is 6.42 Å². The average Bonchev–Trinajstić information content (AvgIpc) is 2.43. The van der Waals surface area contributed by atoms with Crippen LogP contribution in [-0.2, 0) is 4.79 Å². The fourth-order valence-corrected chi connectivity index (χ4v) is 2.55. The highest BCUT2D eigenvalue weighted by molar-refractivity contribution is 6.00. The number of halogens is 1. The molecule has 0 atom stereocenters. The molecule has 106 valence electrons. The number of nitrogens with zero attached hydrogens (tertiary/aromatic N) is 1. The van der Waals surface area contributed by atoms with E-state index in [1.807, 2.05) is 19.9 Å². The topological polar surface area (TPSA) is 20.3 Å². The minimum Gasteiger partial charge on any atom is -0.344 e. The van der Waals surface area contributed by atoms with Crippen LogP contribution < -0.4 is 0 Å². The first-order valence-electron chi connectivity index (χ1n) is 7.00. The third-order valence-corrected chi connectivity index (χ3v) is 3.55. The monoisotopic (exact) mass is 273 g/mol. The molecule has 0 bridgehead atoms. The molecule has 0 spiro atoms. The second-order valence-electron chi connectivity index (χ2n) is 5.06. The van der Waals surface area contributed by atoms with Gasteiger partial charge in [-0.2, -0.15) is 0 Å². The van der Waals surface area contributed by atoms with Gasteiger partial charge in [0.05, 0.1) is 12.1 Å². The van der Waals surface area contributed by atoms with E-state index in [2.05, 4.69) is 11.8 Å². The van der Waals surface area contributed by atoms with Gasteiger partial charge in [0.25, 0.3) is 0 Å². The quantitative estimate of drug-likeness (QED) is 0.827. The first-order valence-corrected chi connectivity index (χ1v) is 7.00. The number of hydrogen-bond acceptors (Lipinski definition) is 2. The van der Waals surface area contributed by atoms with Crippen LogP contribution in [-0.4, -0.2) is 17.2 Å². The van der Waals surface area contributed by atoms with Crippen LogP contribution in [0.5, 0.6) is 0 Å². The van der Waals surface area contributed by atoms with Gasteiger partial charge >= 0.3 is 0 Å². The fourth-order valence-electron chi connectivity index (χ4n) is 2.55. The Kier molecular flexibility index (Phi) is 4.38. The van der Waals surface area contributed by atoms with Crippen LogP contribution >= 0.6 is 0 Å². The Hall–Kier alpha value is -1.90. The minimum atomic E-state index is -0.275. The molecular formula is C17H20FNO. The number of carbonyl (C=O) groups excluding carboxylic acids is 1. The Morgan fingerprint density at radius 2 is 2.15 bits per heavy atom. The molecule has 0 amide bonds. The van der Waals surface area contributed by atoms with Gasteiger partial charge in [-0.3, -0.25) is 4.79 Å². The van der Waals surface area contributed by atoms with Crippen LogP contribution in [0.15, 0.2) is 36.0 Å². The summed E-state index contributed by atoms with van der Waals surface area (Å²) in [6.45, 7) is 6.80. The molecule has 0 saturated carbocycles. The number of rotatable bonds is 3. The van der Waals surface area contributed by atoms with Gasteiger partial charge in [0.2, 0.25) is 0 Å². The maximum atomic E-state index is 13.5. The second-order valence-corrected chi connectivity index (χ2v) is 5.06. The first kappa shape index (κ1) is 14.5. The molecule has 1 aliphatic heterocycles. The minimum absolute atomic E-state index is 0.0733. The molecule has 0 saturated heterocycles. The maximum Gasteiger partial charge on any atom is 0.163 e. The molecule has 0 unspecified atom stereocenters. The Bertz CT molecular complexity index is 587. The summed E-state index contributed by atoms with van der Waals surface area (Å²) in [6, 6.07) is 4.71. The largest absolute Gasteiger partial charge is 0.344 e. The fraction of sp³-hybridized carbons (Fsp3) is 0.353. The first-order chi connectivity index (χ1) is 9.56. The van der Waals surface area contributed by atoms with E-state index in [1.54, 1.807) is 12.1 Å². The van der Waals surface area contributed by atoms with Gasteiger partial charge in [0.15, 0.2) is 5.78 Å². The van der Waals surface area contributed by atoms with Crippen molar-refractivity contribution in [2.75, 3.05) is 6.54 Å². The molecule has 2 rings (SSSR count). The van der Waals surface area contributed by atoms with E-state index < -0.39 is 0 Å². The average molecular weight is 273 g/mol. The lowest BCUT2D eigenvalue weighted by atomic mass is 9.98. The Morgan fingerprint density at radius 3 is 2.80 bits per heavy atom. The van der Waals surface area contributed by atoms with Crippen LogP contribution in [0.2, 0.25) is 0 Å². The maximum absolute atomic E-state index is 13.5. The van der Waals surface area contributed by atoms with Gasteiger partial charge in [-0.25, -0.2) is 4.39 Å². The molecule has 1 heterocycles. The lowest BCUT2D eigenvalue weighted by Gasteiger charge is -2.33. The van der Waals surface area contributed by atoms with Crippen molar-refractivity contribution in [1.29, 1.82) is 0 Å². The number of ketones is 1. The van der Waals surface area contributed by atoms with Gasteiger partial charge in [0.1, 0.15) is 5.82 Å². The molecule has 0 aromatic heterocycles. The van der Waals surface area contributed by atoms with Gasteiger partial charge in [-0.15, -0.1) is 0 Å². The van der Waals surface area contributed by atoms with Crippen molar-refractivity contribution >= 4 is 11.5 Å². The zero-order valence-corrected chi connectivity index (χ0v) is 12.2. The van der Waals surface area contributed by atoms with Gasteiger partial charge in [-0.1, -0.05) is 19.1 Å². The normalized spacial score (nSPS) is 17.6. The van der Waals surface area contributed by atoms with E-state index in [-0.39, 0.29) is 11.6 Å². The van der Waals surface area contributed by atoms with E-state index >= 15 is 0 Å². The molecular weight excluding hydrogens is 253 g/mol. The lowest BCUT2D eigenvalue weighted by Crippen LogP contribution is -2.28. The standard InChI is InChI=1S/C17H20FNO/c1-4-8-19-14(5-2)10-15(20)11-17(19)16-9-13(18)7-6-12(16)3/h5-7,9,11H,4,8,10H2,1-3H3/b14-5-. The van der Waals surface area contributed by atoms with Crippen LogP contribution in [0, 0.1) is 12.7 Å². The molecule has 2 nitrogen and oxygen atoms in total. The Balaban J connectivity index is 2.55. The lowest BCUT2D eigenvalue weighted by molar-refractivity contribution is -0.114. The summed E-state index contributed by atoms with van der Waals surface area (Å²) in [4.78, 5) is 14.1. The van der Waals surface area contributed by atoms with Crippen molar-refractivity contribution in [3.8, 4) is 0 Å². The number of benzene rings is 1. The van der Waals surface area contributed by atoms with Crippen molar-refractivity contribution in [3.63, 3.8) is 0 Å². The molecule has 1 aromatic rings. The molecule has 20 heavy (non-hydrogen) atoms. The van der Waals surface area contributed by atoms with Gasteiger partial charge < -0.3 is 4.90 Å². The Morgan fingerprint density at radius 1 is 1.40 bits per heavy atom. The number of allylic oxidation sites excluding steroid dienone is 3. The third-order valence-electron chi connectivity index (χ3n) is 3.55. The van der Waals surface area contributed by atoms with E-state index in [9.17, 15) is 9.18 Å². The molecule has 1 aliphatic rings. The number of hydrogen-bond donors (Lipinski definition) is 0. The molecule has 3 heteroatoms. The van der Waals surface area contributed by atoms with Gasteiger partial charge in [0, 0.05) is 23.9 Å². The summed E-state index contributed by atoms with van der Waals surface area (Å²) in [6.07, 6.45) is 5.01. The van der Waals surface area contributed by atoms with Crippen molar-refractivity contribution in [3.05, 3.63) is 53.0 Å². The second kappa shape index (κ2) is 6.04. The third kappa shape index (κ3) is 2.82. The van der Waals surface area contributed by atoms with Gasteiger partial charge in [-0.05, 0) is 38.0 Å². The highest BCUT2D eigenvalue weighted by Crippen LogP contribution is 2.32. The molecule has 1 aromatic carbocycles. The summed E-state index contributed by atoms with van der Waals surface area (Å²) in [7, 11) is 0. The molecule has 0 N–H and O–H groups in total. The zero-order chi connectivity index (χ0) is 14.7. The van der Waals surface area contributed by atoms with E-state index in [1.165, 1.54) is 12.1 Å². The molecule has 0 fully saturated rings. The molecule has 0 radical (unpaired) electrons. The van der Waals surface area contributed by atoms with Crippen molar-refractivity contribution in [2.45, 2.75) is 33.6 Å². The summed E-state index contributed by atoms with van der Waals surface area (Å²) in [5, 5.41) is 0. The van der Waals surface area contributed by atoms with Crippen LogP contribution in [0.3, 0.4) is 0 Å². The molecule has 0 aliphatic carbocycles. The van der Waals surface area contributed by atoms with E-state index in [0.717, 1.165) is 35.5 Å². The summed E-state index contributed by atoms with van der Waals surface area (Å²) < 4.78 is 13.5. The smallest absolute Gasteiger partial charge is 0.163 e. The summed E-state index contributed by atoms with van der Waals surface area (Å²) >= 11 is 0. The van der Waals surface area contributed by atoms with Crippen molar-refractivity contribution in [1.82, 2.24) is 4.90 Å². The number of aryl methyl sites for hydroxylation is 1. The highest BCUT2D eigenvalue weighted by atomic mass is 19.1. The van der Waals surface area contributed by atoms with E-state index in [4.69, 9.17) is 0 Å². The summed E-state index contributed by atoms with van der Waals surface area (Å²) in [5.74, 6) is -0.202. The zero-order valence-electron chi connectivity index (χ0n) is 12.2.